The van der Waals surface area contributed by atoms with Crippen molar-refractivity contribution in [3.63, 3.8) is 0 Å². The molecule has 1 aliphatic heterocycles. The first-order valence-corrected chi connectivity index (χ1v) is 9.23. The number of benzene rings is 1. The maximum Gasteiger partial charge on any atom is 0.230 e. The van der Waals surface area contributed by atoms with Crippen LogP contribution in [0.2, 0.25) is 0 Å². The van der Waals surface area contributed by atoms with Crippen LogP contribution in [0.25, 0.3) is 0 Å². The van der Waals surface area contributed by atoms with E-state index in [4.69, 9.17) is 4.52 Å². The lowest BCUT2D eigenvalue weighted by molar-refractivity contribution is 0.249. The van der Waals surface area contributed by atoms with Crippen molar-refractivity contribution in [2.45, 2.75) is 20.4 Å². The third-order valence-electron chi connectivity index (χ3n) is 4.65. The van der Waals surface area contributed by atoms with Crippen LogP contribution in [-0.4, -0.2) is 46.2 Å². The van der Waals surface area contributed by atoms with Crippen LogP contribution < -0.4 is 10.2 Å². The summed E-state index contributed by atoms with van der Waals surface area (Å²) in [7, 11) is 0. The molecule has 4 rings (SSSR count). The summed E-state index contributed by atoms with van der Waals surface area (Å²) >= 11 is 0. The fourth-order valence-electron chi connectivity index (χ4n) is 3.29. The number of aryl methyl sites for hydroxylation is 2. The number of nitrogens with one attached hydrogen (secondary N) is 1. The molecule has 0 aliphatic carbocycles. The molecule has 1 fully saturated rings. The molecule has 1 aromatic carbocycles. The molecule has 0 unspecified atom stereocenters. The Labute approximate surface area is 159 Å². The Kier molecular flexibility index (Phi) is 5.02. The highest BCUT2D eigenvalue weighted by Crippen LogP contribution is 2.20. The third kappa shape index (κ3) is 4.43. The highest BCUT2D eigenvalue weighted by Gasteiger charge is 2.19. The number of piperazine rings is 1. The second-order valence-electron chi connectivity index (χ2n) is 6.89. The summed E-state index contributed by atoms with van der Waals surface area (Å²) in [6, 6.07) is 14.5. The smallest absolute Gasteiger partial charge is 0.230 e. The summed E-state index contributed by atoms with van der Waals surface area (Å²) in [6.45, 7) is 8.77. The van der Waals surface area contributed by atoms with Gasteiger partial charge in [0.25, 0.3) is 0 Å². The van der Waals surface area contributed by atoms with Gasteiger partial charge < -0.3 is 14.7 Å². The van der Waals surface area contributed by atoms with Crippen molar-refractivity contribution < 1.29 is 4.52 Å². The van der Waals surface area contributed by atoms with Gasteiger partial charge in [-0.15, -0.1) is 0 Å². The van der Waals surface area contributed by atoms with Gasteiger partial charge >= 0.3 is 0 Å². The number of hydrogen-bond donors (Lipinski definition) is 1. The minimum absolute atomic E-state index is 0.546. The van der Waals surface area contributed by atoms with Crippen LogP contribution in [0.5, 0.6) is 0 Å². The second-order valence-corrected chi connectivity index (χ2v) is 6.89. The summed E-state index contributed by atoms with van der Waals surface area (Å²) in [5, 5.41) is 7.07. The Bertz CT molecular complexity index is 886. The average Bonchev–Trinajstić information content (AvgIpc) is 3.07. The van der Waals surface area contributed by atoms with Crippen molar-refractivity contribution >= 4 is 17.6 Å². The molecule has 7 nitrogen and oxygen atoms in total. The molecule has 3 heterocycles. The molecule has 0 saturated carbocycles. The average molecular weight is 364 g/mol. The summed E-state index contributed by atoms with van der Waals surface area (Å²) in [4.78, 5) is 13.9. The van der Waals surface area contributed by atoms with Gasteiger partial charge in [-0.1, -0.05) is 35.5 Å². The van der Waals surface area contributed by atoms with Crippen LogP contribution in [0.3, 0.4) is 0 Å². The Balaban J connectivity index is 1.40. The summed E-state index contributed by atoms with van der Waals surface area (Å²) in [5.41, 5.74) is 2.28. The van der Waals surface area contributed by atoms with Crippen LogP contribution >= 0.6 is 0 Å². The zero-order chi connectivity index (χ0) is 18.6. The summed E-state index contributed by atoms with van der Waals surface area (Å²) in [6.07, 6.45) is 0. The van der Waals surface area contributed by atoms with Crippen LogP contribution in [0.15, 0.2) is 47.0 Å². The Morgan fingerprint density at radius 3 is 2.48 bits per heavy atom. The molecule has 140 valence electrons. The SMILES string of the molecule is Cc1cc(N2CCN(Cc3ccccc3)CC2)nc(Nc2cc(C)on2)n1. The normalized spacial score (nSPS) is 15.1. The Hall–Kier alpha value is -2.93. The lowest BCUT2D eigenvalue weighted by Gasteiger charge is -2.35. The van der Waals surface area contributed by atoms with E-state index in [1.54, 1.807) is 0 Å². The maximum atomic E-state index is 5.09. The Morgan fingerprint density at radius 1 is 1.00 bits per heavy atom. The fraction of sp³-hybridized carbons (Fsp3) is 0.350. The predicted molar refractivity (Wildman–Crippen MR) is 105 cm³/mol. The van der Waals surface area contributed by atoms with Crippen LogP contribution in [0.4, 0.5) is 17.6 Å². The van der Waals surface area contributed by atoms with Gasteiger partial charge in [-0.3, -0.25) is 4.90 Å². The van der Waals surface area contributed by atoms with Gasteiger partial charge in [-0.2, -0.15) is 4.98 Å². The van der Waals surface area contributed by atoms with Crippen molar-refractivity contribution in [1.29, 1.82) is 0 Å². The molecular formula is C20H24N6O. The zero-order valence-corrected chi connectivity index (χ0v) is 15.7. The molecule has 0 bridgehead atoms. The van der Waals surface area contributed by atoms with Gasteiger partial charge in [-0.25, -0.2) is 4.98 Å². The van der Waals surface area contributed by atoms with E-state index in [0.29, 0.717) is 11.8 Å². The molecule has 3 aromatic rings. The molecule has 1 aliphatic rings. The molecular weight excluding hydrogens is 340 g/mol. The van der Waals surface area contributed by atoms with E-state index in [9.17, 15) is 0 Å². The van der Waals surface area contributed by atoms with Crippen molar-refractivity contribution in [3.05, 3.63) is 59.5 Å². The lowest BCUT2D eigenvalue weighted by atomic mass is 10.2. The number of aromatic nitrogens is 3. The molecule has 1 N–H and O–H groups in total. The molecule has 0 radical (unpaired) electrons. The van der Waals surface area contributed by atoms with Crippen molar-refractivity contribution in [2.75, 3.05) is 36.4 Å². The first kappa shape index (κ1) is 17.5. The first-order valence-electron chi connectivity index (χ1n) is 9.23. The van der Waals surface area contributed by atoms with Crippen molar-refractivity contribution in [3.8, 4) is 0 Å². The number of nitrogens with zero attached hydrogens (tertiary/aromatic N) is 5. The monoisotopic (exact) mass is 364 g/mol. The van der Waals surface area contributed by atoms with Crippen LogP contribution in [0, 0.1) is 13.8 Å². The molecule has 0 amide bonds. The van der Waals surface area contributed by atoms with E-state index in [1.807, 2.05) is 26.0 Å². The molecule has 2 aromatic heterocycles. The van der Waals surface area contributed by atoms with Crippen LogP contribution in [0.1, 0.15) is 17.0 Å². The Morgan fingerprint density at radius 2 is 1.78 bits per heavy atom. The van der Waals surface area contributed by atoms with Gasteiger partial charge in [0, 0.05) is 50.6 Å². The van der Waals surface area contributed by atoms with Gasteiger partial charge in [0.05, 0.1) is 0 Å². The maximum absolute atomic E-state index is 5.09. The highest BCUT2D eigenvalue weighted by molar-refractivity contribution is 5.52. The zero-order valence-electron chi connectivity index (χ0n) is 15.7. The quantitative estimate of drug-likeness (QED) is 0.746. The van der Waals surface area contributed by atoms with E-state index in [1.165, 1.54) is 5.56 Å². The van der Waals surface area contributed by atoms with E-state index >= 15 is 0 Å². The van der Waals surface area contributed by atoms with E-state index in [-0.39, 0.29) is 0 Å². The van der Waals surface area contributed by atoms with Gasteiger partial charge in [0.15, 0.2) is 5.82 Å². The molecule has 0 atom stereocenters. The largest absolute Gasteiger partial charge is 0.360 e. The lowest BCUT2D eigenvalue weighted by Crippen LogP contribution is -2.46. The minimum Gasteiger partial charge on any atom is -0.360 e. The number of rotatable bonds is 5. The topological polar surface area (TPSA) is 70.3 Å². The molecule has 1 saturated heterocycles. The highest BCUT2D eigenvalue weighted by atomic mass is 16.5. The third-order valence-corrected chi connectivity index (χ3v) is 4.65. The van der Waals surface area contributed by atoms with Crippen LogP contribution in [-0.2, 0) is 6.54 Å². The van der Waals surface area contributed by atoms with E-state index in [2.05, 4.69) is 60.6 Å². The van der Waals surface area contributed by atoms with Gasteiger partial charge in [0.1, 0.15) is 11.6 Å². The van der Waals surface area contributed by atoms with E-state index < -0.39 is 0 Å². The number of hydrogen-bond acceptors (Lipinski definition) is 7. The fourth-order valence-corrected chi connectivity index (χ4v) is 3.29. The standard InChI is InChI=1S/C20H24N6O/c1-15-12-19(23-20(21-15)22-18-13-16(2)27-24-18)26-10-8-25(9-11-26)14-17-6-4-3-5-7-17/h3-7,12-13H,8-11,14H2,1-2H3,(H,21,22,23,24). The molecule has 27 heavy (non-hydrogen) atoms. The molecule has 0 spiro atoms. The van der Waals surface area contributed by atoms with Gasteiger partial charge in [-0.05, 0) is 19.4 Å². The van der Waals surface area contributed by atoms with Gasteiger partial charge in [0.2, 0.25) is 5.95 Å². The predicted octanol–water partition coefficient (Wildman–Crippen LogP) is 3.15. The van der Waals surface area contributed by atoms with Crippen molar-refractivity contribution in [2.24, 2.45) is 0 Å². The van der Waals surface area contributed by atoms with E-state index in [0.717, 1.165) is 50.0 Å². The van der Waals surface area contributed by atoms with Crippen molar-refractivity contribution in [1.82, 2.24) is 20.0 Å². The summed E-state index contributed by atoms with van der Waals surface area (Å²) < 4.78 is 5.09. The first-order chi connectivity index (χ1) is 13.2. The second kappa shape index (κ2) is 7.75. The summed E-state index contributed by atoms with van der Waals surface area (Å²) in [5.74, 6) is 2.87. The molecule has 7 heteroatoms. The number of anilines is 3. The minimum atomic E-state index is 0.546.